The first kappa shape index (κ1) is 16.5. The van der Waals surface area contributed by atoms with Crippen LogP contribution in [-0.4, -0.2) is 17.7 Å². The molecule has 1 aromatic heterocycles. The lowest BCUT2D eigenvalue weighted by Crippen LogP contribution is -1.95. The SMILES string of the molecule is CCc1cc2c(-c3ccc(NC=CC=O)cc3)ccc(NC=O)c2[nH]1. The Bertz CT molecular complexity index is 924. The van der Waals surface area contributed by atoms with Crippen LogP contribution in [0.3, 0.4) is 0 Å². The average Bonchev–Trinajstić information content (AvgIpc) is 3.08. The molecule has 1 amide bonds. The third kappa shape index (κ3) is 3.45. The number of benzene rings is 2. The Labute approximate surface area is 145 Å². The number of aromatic amines is 1. The molecule has 3 aromatic rings. The van der Waals surface area contributed by atoms with Crippen molar-refractivity contribution in [2.45, 2.75) is 13.3 Å². The molecule has 3 rings (SSSR count). The number of anilines is 2. The van der Waals surface area contributed by atoms with Crippen molar-refractivity contribution in [1.29, 1.82) is 0 Å². The second-order valence-electron chi connectivity index (χ2n) is 5.58. The van der Waals surface area contributed by atoms with Gasteiger partial charge >= 0.3 is 0 Å². The highest BCUT2D eigenvalue weighted by atomic mass is 16.1. The first-order chi connectivity index (χ1) is 12.3. The van der Waals surface area contributed by atoms with Gasteiger partial charge in [-0.2, -0.15) is 0 Å². The summed E-state index contributed by atoms with van der Waals surface area (Å²) in [4.78, 5) is 24.5. The second kappa shape index (κ2) is 7.49. The molecule has 0 aliphatic heterocycles. The molecule has 1 heterocycles. The standard InChI is InChI=1S/C20H19N3O2/c1-2-15-12-18-17(8-9-19(22-13-25)20(18)23-15)14-4-6-16(7-5-14)21-10-3-11-24/h3-13,21,23H,2H2,1H3,(H,22,25). The van der Waals surface area contributed by atoms with Crippen molar-refractivity contribution < 1.29 is 9.59 Å². The summed E-state index contributed by atoms with van der Waals surface area (Å²) in [5.41, 5.74) is 5.89. The topological polar surface area (TPSA) is 74.0 Å². The van der Waals surface area contributed by atoms with Gasteiger partial charge in [0.05, 0.1) is 11.2 Å². The van der Waals surface area contributed by atoms with Gasteiger partial charge in [-0.25, -0.2) is 0 Å². The number of amides is 1. The Hall–Kier alpha value is -3.34. The summed E-state index contributed by atoms with van der Waals surface area (Å²) in [5.74, 6) is 0. The van der Waals surface area contributed by atoms with E-state index < -0.39 is 0 Å². The predicted octanol–water partition coefficient (Wildman–Crippen LogP) is 4.09. The zero-order chi connectivity index (χ0) is 17.6. The number of H-pyrrole nitrogens is 1. The maximum absolute atomic E-state index is 10.8. The Morgan fingerprint density at radius 2 is 1.84 bits per heavy atom. The summed E-state index contributed by atoms with van der Waals surface area (Å²) in [6.07, 6.45) is 5.31. The van der Waals surface area contributed by atoms with Gasteiger partial charge < -0.3 is 15.6 Å². The quantitative estimate of drug-likeness (QED) is 0.450. The number of nitrogens with one attached hydrogen (secondary N) is 3. The fourth-order valence-corrected chi connectivity index (χ4v) is 2.83. The minimum Gasteiger partial charge on any atom is -0.362 e. The van der Waals surface area contributed by atoms with Gasteiger partial charge in [0.15, 0.2) is 0 Å². The van der Waals surface area contributed by atoms with Crippen LogP contribution in [0.1, 0.15) is 12.6 Å². The van der Waals surface area contributed by atoms with Crippen LogP contribution >= 0.6 is 0 Å². The van der Waals surface area contributed by atoms with Crippen LogP contribution in [-0.2, 0) is 16.0 Å². The van der Waals surface area contributed by atoms with Crippen LogP contribution in [0.2, 0.25) is 0 Å². The molecule has 0 spiro atoms. The van der Waals surface area contributed by atoms with Crippen LogP contribution in [0, 0.1) is 0 Å². The first-order valence-corrected chi connectivity index (χ1v) is 8.09. The van der Waals surface area contributed by atoms with Gasteiger partial charge in [-0.3, -0.25) is 9.59 Å². The van der Waals surface area contributed by atoms with Crippen LogP contribution in [0.25, 0.3) is 22.0 Å². The molecule has 0 bridgehead atoms. The molecule has 0 saturated heterocycles. The number of allylic oxidation sites excluding steroid dienone is 1. The molecule has 0 aliphatic rings. The molecular weight excluding hydrogens is 314 g/mol. The number of rotatable bonds is 7. The Morgan fingerprint density at radius 1 is 1.04 bits per heavy atom. The van der Waals surface area contributed by atoms with E-state index in [1.165, 1.54) is 6.08 Å². The fraction of sp³-hybridized carbons (Fsp3) is 0.100. The Kier molecular flexibility index (Phi) is 4.95. The number of fused-ring (bicyclic) bond motifs is 1. The molecule has 0 fully saturated rings. The molecule has 0 atom stereocenters. The first-order valence-electron chi connectivity index (χ1n) is 8.09. The lowest BCUT2D eigenvalue weighted by atomic mass is 10.0. The zero-order valence-electron chi connectivity index (χ0n) is 13.9. The van der Waals surface area contributed by atoms with Gasteiger partial charge in [0, 0.05) is 23.0 Å². The van der Waals surface area contributed by atoms with Crippen LogP contribution in [0.15, 0.2) is 54.7 Å². The van der Waals surface area contributed by atoms with Crippen molar-refractivity contribution in [3.05, 3.63) is 60.4 Å². The molecule has 3 N–H and O–H groups in total. The van der Waals surface area contributed by atoms with E-state index in [1.807, 2.05) is 36.4 Å². The van der Waals surface area contributed by atoms with Crippen LogP contribution < -0.4 is 10.6 Å². The number of hydrogen-bond donors (Lipinski definition) is 3. The minimum atomic E-state index is 0.689. The van der Waals surface area contributed by atoms with Crippen LogP contribution in [0.5, 0.6) is 0 Å². The van der Waals surface area contributed by atoms with Crippen LogP contribution in [0.4, 0.5) is 11.4 Å². The van der Waals surface area contributed by atoms with Crippen molar-refractivity contribution in [1.82, 2.24) is 4.98 Å². The third-order valence-electron chi connectivity index (χ3n) is 4.07. The summed E-state index contributed by atoms with van der Waals surface area (Å²) in [5, 5.41) is 6.85. The normalized spacial score (nSPS) is 10.9. The minimum absolute atomic E-state index is 0.689. The highest BCUT2D eigenvalue weighted by molar-refractivity contribution is 6.04. The lowest BCUT2D eigenvalue weighted by Gasteiger charge is -2.08. The van der Waals surface area contributed by atoms with E-state index in [1.54, 1.807) is 6.20 Å². The van der Waals surface area contributed by atoms with E-state index in [-0.39, 0.29) is 0 Å². The summed E-state index contributed by atoms with van der Waals surface area (Å²) in [6.45, 7) is 2.09. The summed E-state index contributed by atoms with van der Waals surface area (Å²) >= 11 is 0. The molecule has 25 heavy (non-hydrogen) atoms. The van der Waals surface area contributed by atoms with Gasteiger partial charge in [-0.15, -0.1) is 0 Å². The molecule has 0 radical (unpaired) electrons. The van der Waals surface area contributed by atoms with E-state index in [0.717, 1.165) is 51.8 Å². The van der Waals surface area contributed by atoms with Crippen molar-refractivity contribution in [2.24, 2.45) is 0 Å². The summed E-state index contributed by atoms with van der Waals surface area (Å²) in [7, 11) is 0. The number of hydrogen-bond acceptors (Lipinski definition) is 3. The number of aromatic nitrogens is 1. The fourth-order valence-electron chi connectivity index (χ4n) is 2.83. The summed E-state index contributed by atoms with van der Waals surface area (Å²) < 4.78 is 0. The molecule has 2 aromatic carbocycles. The predicted molar refractivity (Wildman–Crippen MR) is 102 cm³/mol. The molecule has 0 aliphatic carbocycles. The molecule has 0 saturated carbocycles. The monoisotopic (exact) mass is 333 g/mol. The Balaban J connectivity index is 2.01. The lowest BCUT2D eigenvalue weighted by molar-refractivity contribution is -0.105. The molecular formula is C20H19N3O2. The smallest absolute Gasteiger partial charge is 0.211 e. The number of aryl methyl sites for hydroxylation is 1. The van der Waals surface area contributed by atoms with Crippen molar-refractivity contribution in [2.75, 3.05) is 10.6 Å². The van der Waals surface area contributed by atoms with Crippen molar-refractivity contribution >= 4 is 35.0 Å². The largest absolute Gasteiger partial charge is 0.362 e. The van der Waals surface area contributed by atoms with Crippen molar-refractivity contribution in [3.8, 4) is 11.1 Å². The molecule has 5 nitrogen and oxygen atoms in total. The van der Waals surface area contributed by atoms with Gasteiger partial charge in [0.25, 0.3) is 0 Å². The van der Waals surface area contributed by atoms with Gasteiger partial charge in [-0.1, -0.05) is 25.1 Å². The molecule has 126 valence electrons. The van der Waals surface area contributed by atoms with Gasteiger partial charge in [0.2, 0.25) is 6.41 Å². The highest BCUT2D eigenvalue weighted by Gasteiger charge is 2.11. The van der Waals surface area contributed by atoms with Gasteiger partial charge in [-0.05, 0) is 47.9 Å². The van der Waals surface area contributed by atoms with E-state index in [2.05, 4.69) is 28.6 Å². The van der Waals surface area contributed by atoms with E-state index in [9.17, 15) is 9.59 Å². The third-order valence-corrected chi connectivity index (χ3v) is 4.07. The molecule has 0 unspecified atom stereocenters. The second-order valence-corrected chi connectivity index (χ2v) is 5.58. The Morgan fingerprint density at radius 3 is 2.52 bits per heavy atom. The number of carbonyl (C=O) groups is 2. The maximum atomic E-state index is 10.8. The highest BCUT2D eigenvalue weighted by Crippen LogP contribution is 2.34. The number of aldehydes is 1. The van der Waals surface area contributed by atoms with E-state index >= 15 is 0 Å². The van der Waals surface area contributed by atoms with Crippen molar-refractivity contribution in [3.63, 3.8) is 0 Å². The van der Waals surface area contributed by atoms with E-state index in [4.69, 9.17) is 0 Å². The molecule has 5 heteroatoms. The summed E-state index contributed by atoms with van der Waals surface area (Å²) in [6, 6.07) is 14.0. The zero-order valence-corrected chi connectivity index (χ0v) is 13.9. The van der Waals surface area contributed by atoms with E-state index in [0.29, 0.717) is 6.41 Å². The van der Waals surface area contributed by atoms with Gasteiger partial charge in [0.1, 0.15) is 6.29 Å². The maximum Gasteiger partial charge on any atom is 0.211 e. The number of carbonyl (C=O) groups excluding carboxylic acids is 2. The average molecular weight is 333 g/mol.